The molecule has 4 nitrogen and oxygen atoms in total. The number of amides is 1. The fourth-order valence-corrected chi connectivity index (χ4v) is 3.47. The van der Waals surface area contributed by atoms with Gasteiger partial charge in [0.1, 0.15) is 0 Å². The molecule has 0 bridgehead atoms. The van der Waals surface area contributed by atoms with Crippen molar-refractivity contribution < 1.29 is 15.0 Å². The van der Waals surface area contributed by atoms with Gasteiger partial charge in [-0.2, -0.15) is 0 Å². The predicted octanol–water partition coefficient (Wildman–Crippen LogP) is 7.66. The van der Waals surface area contributed by atoms with E-state index in [1.807, 2.05) is 6.08 Å². The Bertz CT molecular complexity index is 673. The van der Waals surface area contributed by atoms with Crippen LogP contribution in [-0.4, -0.2) is 34.9 Å². The average molecular weight is 500 g/mol. The van der Waals surface area contributed by atoms with Gasteiger partial charge >= 0.3 is 0 Å². The molecule has 204 valence electrons. The SMILES string of the molecule is CC/C=C\C/C=C\C/C=C\C/C=C\CCCCC(=O)NC(CO)C(O)/C=C/CC/C=C/CCCCC. The Morgan fingerprint density at radius 1 is 0.694 bits per heavy atom. The summed E-state index contributed by atoms with van der Waals surface area (Å²) < 4.78 is 0. The normalized spacial score (nSPS) is 14.4. The van der Waals surface area contributed by atoms with Gasteiger partial charge in [-0.15, -0.1) is 0 Å². The first-order valence-corrected chi connectivity index (χ1v) is 14.2. The zero-order chi connectivity index (χ0) is 26.5. The van der Waals surface area contributed by atoms with E-state index in [0.29, 0.717) is 6.42 Å². The maximum Gasteiger partial charge on any atom is 0.220 e. The maximum atomic E-state index is 12.2. The van der Waals surface area contributed by atoms with E-state index in [2.05, 4.69) is 79.9 Å². The van der Waals surface area contributed by atoms with E-state index >= 15 is 0 Å². The molecule has 1 amide bonds. The minimum Gasteiger partial charge on any atom is -0.394 e. The number of hydrogen-bond donors (Lipinski definition) is 3. The summed E-state index contributed by atoms with van der Waals surface area (Å²) in [5.41, 5.74) is 0. The van der Waals surface area contributed by atoms with Crippen molar-refractivity contribution in [2.75, 3.05) is 6.61 Å². The van der Waals surface area contributed by atoms with Crippen LogP contribution in [0.5, 0.6) is 0 Å². The number of rotatable bonds is 23. The third kappa shape index (κ3) is 23.6. The molecule has 2 atom stereocenters. The Morgan fingerprint density at radius 3 is 1.83 bits per heavy atom. The monoisotopic (exact) mass is 499 g/mol. The van der Waals surface area contributed by atoms with Gasteiger partial charge in [-0.05, 0) is 70.6 Å². The Hall–Kier alpha value is -2.17. The summed E-state index contributed by atoms with van der Waals surface area (Å²) in [6.07, 6.45) is 38.3. The summed E-state index contributed by atoms with van der Waals surface area (Å²) in [6.45, 7) is 4.07. The molecule has 0 spiro atoms. The van der Waals surface area contributed by atoms with Crippen molar-refractivity contribution in [1.29, 1.82) is 0 Å². The maximum absolute atomic E-state index is 12.2. The zero-order valence-electron chi connectivity index (χ0n) is 23.0. The van der Waals surface area contributed by atoms with Gasteiger partial charge in [-0.3, -0.25) is 4.79 Å². The lowest BCUT2D eigenvalue weighted by molar-refractivity contribution is -0.123. The second kappa shape index (κ2) is 27.4. The summed E-state index contributed by atoms with van der Waals surface area (Å²) in [5, 5.41) is 22.6. The summed E-state index contributed by atoms with van der Waals surface area (Å²) in [4.78, 5) is 12.2. The van der Waals surface area contributed by atoms with Crippen molar-refractivity contribution in [3.8, 4) is 0 Å². The highest BCUT2D eigenvalue weighted by Crippen LogP contribution is 2.05. The fraction of sp³-hybridized carbons (Fsp3) is 0.594. The summed E-state index contributed by atoms with van der Waals surface area (Å²) in [7, 11) is 0. The Kier molecular flexibility index (Phi) is 25.8. The van der Waals surface area contributed by atoms with E-state index in [1.165, 1.54) is 19.3 Å². The lowest BCUT2D eigenvalue weighted by Gasteiger charge is -2.19. The minimum absolute atomic E-state index is 0.123. The zero-order valence-corrected chi connectivity index (χ0v) is 23.0. The Balaban J connectivity index is 3.88. The molecule has 0 heterocycles. The third-order valence-electron chi connectivity index (χ3n) is 5.67. The van der Waals surface area contributed by atoms with Crippen molar-refractivity contribution in [1.82, 2.24) is 5.32 Å². The smallest absolute Gasteiger partial charge is 0.220 e. The molecule has 0 aliphatic rings. The van der Waals surface area contributed by atoms with E-state index in [0.717, 1.165) is 64.2 Å². The topological polar surface area (TPSA) is 69.6 Å². The van der Waals surface area contributed by atoms with Crippen LogP contribution in [0.25, 0.3) is 0 Å². The minimum atomic E-state index is -0.878. The van der Waals surface area contributed by atoms with Gasteiger partial charge in [0.25, 0.3) is 0 Å². The van der Waals surface area contributed by atoms with Crippen molar-refractivity contribution in [2.24, 2.45) is 0 Å². The van der Waals surface area contributed by atoms with Crippen LogP contribution in [-0.2, 0) is 4.79 Å². The fourth-order valence-electron chi connectivity index (χ4n) is 3.47. The highest BCUT2D eigenvalue weighted by molar-refractivity contribution is 5.76. The standard InChI is InChI=1S/C32H53NO3/c1-3-5-7-9-11-13-14-15-16-17-18-20-22-24-26-28-32(36)33-30(29-34)31(35)27-25-23-21-19-12-10-8-6-4-2/h5,7,11-13,15-16,18-20,25,27,30-31,34-35H,3-4,6,8-10,14,17,21-24,26,28-29H2,1-2H3,(H,33,36)/b7-5-,13-11-,16-15-,19-12+,20-18-,27-25+. The van der Waals surface area contributed by atoms with Gasteiger partial charge in [0.2, 0.25) is 5.91 Å². The van der Waals surface area contributed by atoms with Crippen LogP contribution < -0.4 is 5.32 Å². The predicted molar refractivity (Wildman–Crippen MR) is 156 cm³/mol. The number of carbonyl (C=O) groups excluding carboxylic acids is 1. The number of allylic oxidation sites excluding steroid dienone is 11. The molecule has 0 aromatic heterocycles. The average Bonchev–Trinajstić information content (AvgIpc) is 2.88. The van der Waals surface area contributed by atoms with Gasteiger partial charge in [0.15, 0.2) is 0 Å². The van der Waals surface area contributed by atoms with Crippen LogP contribution in [0.4, 0.5) is 0 Å². The Morgan fingerprint density at radius 2 is 1.22 bits per heavy atom. The van der Waals surface area contributed by atoms with Crippen molar-refractivity contribution in [2.45, 2.75) is 116 Å². The molecule has 0 saturated heterocycles. The van der Waals surface area contributed by atoms with Crippen LogP contribution in [0.2, 0.25) is 0 Å². The molecular formula is C32H53NO3. The Labute approximate surface area is 221 Å². The highest BCUT2D eigenvalue weighted by Gasteiger charge is 2.17. The molecule has 0 aliphatic heterocycles. The van der Waals surface area contributed by atoms with E-state index in [-0.39, 0.29) is 12.5 Å². The first-order valence-electron chi connectivity index (χ1n) is 14.2. The molecule has 4 heteroatoms. The van der Waals surface area contributed by atoms with Crippen molar-refractivity contribution in [3.63, 3.8) is 0 Å². The molecule has 0 rings (SSSR count). The van der Waals surface area contributed by atoms with Gasteiger partial charge in [-0.25, -0.2) is 0 Å². The lowest BCUT2D eigenvalue weighted by atomic mass is 10.1. The van der Waals surface area contributed by atoms with Gasteiger partial charge in [0, 0.05) is 6.42 Å². The van der Waals surface area contributed by atoms with Crippen LogP contribution in [0.15, 0.2) is 72.9 Å². The van der Waals surface area contributed by atoms with Crippen LogP contribution in [0.3, 0.4) is 0 Å². The molecular weight excluding hydrogens is 446 g/mol. The van der Waals surface area contributed by atoms with E-state index < -0.39 is 12.1 Å². The van der Waals surface area contributed by atoms with Gasteiger partial charge in [0.05, 0.1) is 18.8 Å². The number of unbranched alkanes of at least 4 members (excludes halogenated alkanes) is 6. The van der Waals surface area contributed by atoms with Gasteiger partial charge in [-0.1, -0.05) is 99.6 Å². The molecule has 2 unspecified atom stereocenters. The van der Waals surface area contributed by atoms with E-state index in [4.69, 9.17) is 0 Å². The molecule has 0 radical (unpaired) electrons. The van der Waals surface area contributed by atoms with Crippen LogP contribution in [0.1, 0.15) is 104 Å². The first-order chi connectivity index (χ1) is 17.7. The summed E-state index contributed by atoms with van der Waals surface area (Å²) in [5.74, 6) is -0.123. The number of carbonyl (C=O) groups is 1. The van der Waals surface area contributed by atoms with Crippen molar-refractivity contribution >= 4 is 5.91 Å². The van der Waals surface area contributed by atoms with Crippen molar-refractivity contribution in [3.05, 3.63) is 72.9 Å². The van der Waals surface area contributed by atoms with Crippen LogP contribution >= 0.6 is 0 Å². The molecule has 0 aromatic carbocycles. The third-order valence-corrected chi connectivity index (χ3v) is 5.67. The largest absolute Gasteiger partial charge is 0.394 e. The second-order valence-electron chi connectivity index (χ2n) is 9.07. The number of aliphatic hydroxyl groups excluding tert-OH is 2. The summed E-state index contributed by atoms with van der Waals surface area (Å²) in [6, 6.07) is -0.660. The molecule has 36 heavy (non-hydrogen) atoms. The number of hydrogen-bond acceptors (Lipinski definition) is 3. The number of nitrogens with one attached hydrogen (secondary N) is 1. The van der Waals surface area contributed by atoms with Gasteiger partial charge < -0.3 is 15.5 Å². The molecule has 0 saturated carbocycles. The number of aliphatic hydroxyl groups is 2. The van der Waals surface area contributed by atoms with E-state index in [9.17, 15) is 15.0 Å². The second-order valence-corrected chi connectivity index (χ2v) is 9.07. The van der Waals surface area contributed by atoms with E-state index in [1.54, 1.807) is 6.08 Å². The summed E-state index contributed by atoms with van der Waals surface area (Å²) >= 11 is 0. The first kappa shape index (κ1) is 33.8. The lowest BCUT2D eigenvalue weighted by Crippen LogP contribution is -2.45. The quantitative estimate of drug-likeness (QED) is 0.0998. The van der Waals surface area contributed by atoms with Crippen LogP contribution in [0, 0.1) is 0 Å². The molecule has 0 aromatic rings. The molecule has 0 aliphatic carbocycles. The highest BCUT2D eigenvalue weighted by atomic mass is 16.3. The molecule has 3 N–H and O–H groups in total. The molecule has 0 fully saturated rings.